The average molecular weight is 228 g/mol. The molecule has 1 rings (SSSR count). The Bertz CT molecular complexity index is 389. The van der Waals surface area contributed by atoms with Crippen molar-refractivity contribution >= 4 is 5.97 Å². The SMILES string of the molecule is CCOC(=O)CCc1c(F)ccc(C)c1F. The first-order valence-corrected chi connectivity index (χ1v) is 5.15. The fourth-order valence-corrected chi connectivity index (χ4v) is 1.40. The number of esters is 1. The fraction of sp³-hybridized carbons (Fsp3) is 0.417. The molecule has 0 heterocycles. The molecule has 88 valence electrons. The van der Waals surface area contributed by atoms with E-state index in [2.05, 4.69) is 4.74 Å². The van der Waals surface area contributed by atoms with Gasteiger partial charge < -0.3 is 4.74 Å². The number of rotatable bonds is 4. The van der Waals surface area contributed by atoms with E-state index in [0.29, 0.717) is 5.56 Å². The number of carbonyl (C=O) groups excluding carboxylic acids is 1. The topological polar surface area (TPSA) is 26.3 Å². The highest BCUT2D eigenvalue weighted by Gasteiger charge is 2.13. The molecule has 0 radical (unpaired) electrons. The normalized spacial score (nSPS) is 10.2. The summed E-state index contributed by atoms with van der Waals surface area (Å²) in [6.45, 7) is 3.52. The van der Waals surface area contributed by atoms with Crippen LogP contribution in [-0.2, 0) is 16.0 Å². The van der Waals surface area contributed by atoms with Crippen LogP contribution in [0.2, 0.25) is 0 Å². The lowest BCUT2D eigenvalue weighted by Gasteiger charge is -2.06. The summed E-state index contributed by atoms with van der Waals surface area (Å²) in [5.74, 6) is -1.64. The monoisotopic (exact) mass is 228 g/mol. The second-order valence-corrected chi connectivity index (χ2v) is 3.46. The standard InChI is InChI=1S/C12H14F2O2/c1-3-16-11(15)7-5-9-10(13)6-4-8(2)12(9)14/h4,6H,3,5,7H2,1-2H3. The Morgan fingerprint density at radius 2 is 2.06 bits per heavy atom. The molecule has 0 saturated heterocycles. The van der Waals surface area contributed by atoms with Crippen molar-refractivity contribution in [3.63, 3.8) is 0 Å². The molecule has 2 nitrogen and oxygen atoms in total. The van der Waals surface area contributed by atoms with Crippen LogP contribution in [0.3, 0.4) is 0 Å². The summed E-state index contributed by atoms with van der Waals surface area (Å²) >= 11 is 0. The second-order valence-electron chi connectivity index (χ2n) is 3.46. The van der Waals surface area contributed by atoms with Crippen molar-refractivity contribution in [1.82, 2.24) is 0 Å². The lowest BCUT2D eigenvalue weighted by molar-refractivity contribution is -0.143. The van der Waals surface area contributed by atoms with E-state index in [9.17, 15) is 13.6 Å². The second kappa shape index (κ2) is 5.58. The maximum atomic E-state index is 13.5. The molecule has 0 aliphatic rings. The molecule has 0 N–H and O–H groups in total. The summed E-state index contributed by atoms with van der Waals surface area (Å²) < 4.78 is 31.5. The van der Waals surface area contributed by atoms with Gasteiger partial charge in [0.25, 0.3) is 0 Å². The molecular formula is C12H14F2O2. The Hall–Kier alpha value is -1.45. The Morgan fingerprint density at radius 3 is 2.69 bits per heavy atom. The van der Waals surface area contributed by atoms with Crippen LogP contribution in [0.15, 0.2) is 12.1 Å². The van der Waals surface area contributed by atoms with Gasteiger partial charge in [0.05, 0.1) is 6.61 Å². The molecule has 0 bridgehead atoms. The minimum absolute atomic E-state index is 0.00880. The summed E-state index contributed by atoms with van der Waals surface area (Å²) in [5.41, 5.74) is 0.327. The van der Waals surface area contributed by atoms with E-state index in [1.807, 2.05) is 0 Å². The summed E-state index contributed by atoms with van der Waals surface area (Å²) in [6.07, 6.45) is 0.0172. The minimum atomic E-state index is -0.618. The Balaban J connectivity index is 2.74. The van der Waals surface area contributed by atoms with Gasteiger partial charge in [0.15, 0.2) is 0 Å². The van der Waals surface area contributed by atoms with Crippen LogP contribution >= 0.6 is 0 Å². The highest BCUT2D eigenvalue weighted by atomic mass is 19.1. The summed E-state index contributed by atoms with van der Waals surface area (Å²) in [6, 6.07) is 2.58. The van der Waals surface area contributed by atoms with E-state index in [1.54, 1.807) is 13.8 Å². The van der Waals surface area contributed by atoms with Crippen molar-refractivity contribution in [1.29, 1.82) is 0 Å². The molecule has 1 aromatic carbocycles. The third-order valence-electron chi connectivity index (χ3n) is 2.26. The van der Waals surface area contributed by atoms with Crippen molar-refractivity contribution in [2.45, 2.75) is 26.7 Å². The molecule has 0 aromatic heterocycles. The molecule has 0 spiro atoms. The van der Waals surface area contributed by atoms with Crippen LogP contribution in [0.4, 0.5) is 8.78 Å². The van der Waals surface area contributed by atoms with Crippen LogP contribution < -0.4 is 0 Å². The first-order chi connectivity index (χ1) is 7.56. The zero-order valence-corrected chi connectivity index (χ0v) is 9.35. The molecule has 4 heteroatoms. The van der Waals surface area contributed by atoms with Gasteiger partial charge >= 0.3 is 5.97 Å². The minimum Gasteiger partial charge on any atom is -0.466 e. The third-order valence-corrected chi connectivity index (χ3v) is 2.26. The summed E-state index contributed by atoms with van der Waals surface area (Å²) in [4.78, 5) is 11.1. The van der Waals surface area contributed by atoms with Crippen LogP contribution in [0.25, 0.3) is 0 Å². The van der Waals surface area contributed by atoms with Crippen LogP contribution in [0, 0.1) is 18.6 Å². The smallest absolute Gasteiger partial charge is 0.306 e. The zero-order valence-electron chi connectivity index (χ0n) is 9.35. The molecule has 1 aromatic rings. The molecule has 0 aliphatic heterocycles. The molecule has 0 saturated carbocycles. The van der Waals surface area contributed by atoms with Gasteiger partial charge in [0.1, 0.15) is 11.6 Å². The number of carbonyl (C=O) groups is 1. The van der Waals surface area contributed by atoms with Crippen LogP contribution in [0.1, 0.15) is 24.5 Å². The lowest BCUT2D eigenvalue weighted by atomic mass is 10.1. The number of aryl methyl sites for hydroxylation is 1. The van der Waals surface area contributed by atoms with E-state index in [1.165, 1.54) is 12.1 Å². The third kappa shape index (κ3) is 3.02. The van der Waals surface area contributed by atoms with E-state index < -0.39 is 17.6 Å². The Kier molecular flexibility index (Phi) is 4.40. The Morgan fingerprint density at radius 1 is 1.38 bits per heavy atom. The number of hydrogen-bond acceptors (Lipinski definition) is 2. The first-order valence-electron chi connectivity index (χ1n) is 5.15. The summed E-state index contributed by atoms with van der Waals surface area (Å²) in [5, 5.41) is 0. The number of halogens is 2. The molecular weight excluding hydrogens is 214 g/mol. The highest BCUT2D eigenvalue weighted by molar-refractivity contribution is 5.69. The molecule has 0 aliphatic carbocycles. The van der Waals surface area contributed by atoms with E-state index in [0.717, 1.165) is 0 Å². The molecule has 16 heavy (non-hydrogen) atoms. The zero-order chi connectivity index (χ0) is 12.1. The van der Waals surface area contributed by atoms with Crippen molar-refractivity contribution < 1.29 is 18.3 Å². The van der Waals surface area contributed by atoms with Crippen molar-refractivity contribution in [3.8, 4) is 0 Å². The quantitative estimate of drug-likeness (QED) is 0.741. The number of hydrogen-bond donors (Lipinski definition) is 0. The van der Waals surface area contributed by atoms with Gasteiger partial charge in [-0.15, -0.1) is 0 Å². The highest BCUT2D eigenvalue weighted by Crippen LogP contribution is 2.17. The largest absolute Gasteiger partial charge is 0.466 e. The predicted molar refractivity (Wildman–Crippen MR) is 56.0 cm³/mol. The fourth-order valence-electron chi connectivity index (χ4n) is 1.40. The molecule has 0 atom stereocenters. The predicted octanol–water partition coefficient (Wildman–Crippen LogP) is 2.77. The van der Waals surface area contributed by atoms with Crippen LogP contribution in [-0.4, -0.2) is 12.6 Å². The van der Waals surface area contributed by atoms with Crippen molar-refractivity contribution in [2.75, 3.05) is 6.61 Å². The summed E-state index contributed by atoms with van der Waals surface area (Å²) in [7, 11) is 0. The van der Waals surface area contributed by atoms with E-state index in [-0.39, 0.29) is 25.0 Å². The van der Waals surface area contributed by atoms with Gasteiger partial charge in [0.2, 0.25) is 0 Å². The van der Waals surface area contributed by atoms with Gasteiger partial charge in [0, 0.05) is 12.0 Å². The van der Waals surface area contributed by atoms with Gasteiger partial charge in [-0.2, -0.15) is 0 Å². The van der Waals surface area contributed by atoms with Gasteiger partial charge in [-0.1, -0.05) is 6.07 Å². The van der Waals surface area contributed by atoms with Gasteiger partial charge in [-0.25, -0.2) is 8.78 Å². The average Bonchev–Trinajstić information content (AvgIpc) is 2.24. The van der Waals surface area contributed by atoms with Crippen molar-refractivity contribution in [2.24, 2.45) is 0 Å². The maximum Gasteiger partial charge on any atom is 0.306 e. The maximum absolute atomic E-state index is 13.5. The van der Waals surface area contributed by atoms with Gasteiger partial charge in [-0.05, 0) is 31.9 Å². The number of ether oxygens (including phenoxy) is 1. The van der Waals surface area contributed by atoms with Crippen LogP contribution in [0.5, 0.6) is 0 Å². The van der Waals surface area contributed by atoms with Crippen molar-refractivity contribution in [3.05, 3.63) is 34.9 Å². The number of benzene rings is 1. The van der Waals surface area contributed by atoms with Gasteiger partial charge in [-0.3, -0.25) is 4.79 Å². The lowest BCUT2D eigenvalue weighted by Crippen LogP contribution is -2.07. The first kappa shape index (κ1) is 12.6. The molecule has 0 amide bonds. The van der Waals surface area contributed by atoms with E-state index in [4.69, 9.17) is 0 Å². The van der Waals surface area contributed by atoms with E-state index >= 15 is 0 Å². The Labute approximate surface area is 93.2 Å². The molecule has 0 unspecified atom stereocenters. The molecule has 0 fully saturated rings.